The molecule has 1 aromatic carbocycles. The minimum Gasteiger partial charge on any atom is -0.397 e. The Morgan fingerprint density at radius 2 is 2.11 bits per heavy atom. The normalized spacial score (nSPS) is 20.5. The number of halogens is 1. The van der Waals surface area contributed by atoms with Crippen LogP contribution < -0.4 is 10.6 Å². The van der Waals surface area contributed by atoms with Crippen molar-refractivity contribution in [3.63, 3.8) is 0 Å². The van der Waals surface area contributed by atoms with Gasteiger partial charge in [-0.15, -0.1) is 0 Å². The van der Waals surface area contributed by atoms with Crippen LogP contribution >= 0.6 is 11.6 Å². The van der Waals surface area contributed by atoms with Gasteiger partial charge in [0.15, 0.2) is 0 Å². The number of piperidine rings is 1. The van der Waals surface area contributed by atoms with Crippen molar-refractivity contribution in [2.24, 2.45) is 5.92 Å². The van der Waals surface area contributed by atoms with E-state index in [1.54, 1.807) is 0 Å². The zero-order chi connectivity index (χ0) is 13.3. The molecule has 18 heavy (non-hydrogen) atoms. The Morgan fingerprint density at radius 1 is 1.39 bits per heavy atom. The number of nitrogen functional groups attached to an aromatic ring is 1. The Bertz CT molecular complexity index is 429. The minimum absolute atomic E-state index is 0.407. The first-order valence-electron chi connectivity index (χ1n) is 6.83. The Kier molecular flexibility index (Phi) is 4.06. The van der Waals surface area contributed by atoms with Gasteiger partial charge in [0.1, 0.15) is 0 Å². The van der Waals surface area contributed by atoms with Crippen molar-refractivity contribution < 1.29 is 0 Å². The molecule has 0 aliphatic carbocycles. The second-order valence-electron chi connectivity index (χ2n) is 5.78. The molecule has 0 spiro atoms. The highest BCUT2D eigenvalue weighted by Crippen LogP contribution is 2.35. The van der Waals surface area contributed by atoms with Crippen LogP contribution in [0.3, 0.4) is 0 Å². The Hall–Kier alpha value is -0.890. The fraction of sp³-hybridized carbons (Fsp3) is 0.600. The van der Waals surface area contributed by atoms with Gasteiger partial charge in [0.25, 0.3) is 0 Å². The highest BCUT2D eigenvalue weighted by Gasteiger charge is 2.19. The largest absolute Gasteiger partial charge is 0.397 e. The lowest BCUT2D eigenvalue weighted by atomic mass is 9.97. The van der Waals surface area contributed by atoms with Crippen molar-refractivity contribution in [1.82, 2.24) is 0 Å². The fourth-order valence-corrected chi connectivity index (χ4v) is 2.93. The number of nitrogens with zero attached hydrogens (tertiary/aromatic N) is 1. The van der Waals surface area contributed by atoms with Gasteiger partial charge in [-0.1, -0.05) is 32.4 Å². The number of benzene rings is 1. The van der Waals surface area contributed by atoms with E-state index in [1.807, 2.05) is 6.07 Å². The van der Waals surface area contributed by atoms with Gasteiger partial charge >= 0.3 is 0 Å². The van der Waals surface area contributed by atoms with E-state index < -0.39 is 0 Å². The number of rotatable bonds is 2. The summed E-state index contributed by atoms with van der Waals surface area (Å²) in [6.45, 7) is 8.88. The van der Waals surface area contributed by atoms with Crippen LogP contribution in [-0.4, -0.2) is 13.1 Å². The average Bonchev–Trinajstić information content (AvgIpc) is 2.32. The Balaban J connectivity index is 2.33. The fourth-order valence-electron chi connectivity index (χ4n) is 2.71. The highest BCUT2D eigenvalue weighted by molar-refractivity contribution is 6.33. The van der Waals surface area contributed by atoms with E-state index in [4.69, 9.17) is 17.3 Å². The first-order chi connectivity index (χ1) is 8.49. The molecule has 1 fully saturated rings. The topological polar surface area (TPSA) is 29.3 Å². The molecule has 1 atom stereocenters. The molecule has 1 aliphatic rings. The van der Waals surface area contributed by atoms with Crippen molar-refractivity contribution in [3.05, 3.63) is 22.7 Å². The lowest BCUT2D eigenvalue weighted by molar-refractivity contribution is 0.447. The number of hydrogen-bond acceptors (Lipinski definition) is 2. The second kappa shape index (κ2) is 5.40. The van der Waals surface area contributed by atoms with Gasteiger partial charge in [-0.25, -0.2) is 0 Å². The van der Waals surface area contributed by atoms with Crippen LogP contribution in [0.4, 0.5) is 11.4 Å². The molecule has 2 nitrogen and oxygen atoms in total. The van der Waals surface area contributed by atoms with E-state index in [2.05, 4.69) is 31.7 Å². The Morgan fingerprint density at radius 3 is 2.72 bits per heavy atom. The lowest BCUT2D eigenvalue weighted by Gasteiger charge is -2.33. The third kappa shape index (κ3) is 2.74. The third-order valence-electron chi connectivity index (χ3n) is 3.79. The van der Waals surface area contributed by atoms with Gasteiger partial charge in [-0.05, 0) is 42.4 Å². The lowest BCUT2D eigenvalue weighted by Crippen LogP contribution is -2.34. The van der Waals surface area contributed by atoms with Crippen LogP contribution in [0.2, 0.25) is 5.02 Å². The standard InChI is InChI=1S/C15H23ClN2/c1-10(2)13-7-12(8-14(16)15(13)17)18-6-4-5-11(3)9-18/h7-8,10-11H,4-6,9,17H2,1-3H3. The molecule has 2 rings (SSSR count). The maximum atomic E-state index is 6.27. The third-order valence-corrected chi connectivity index (χ3v) is 4.10. The predicted molar refractivity (Wildman–Crippen MR) is 80.6 cm³/mol. The Labute approximate surface area is 115 Å². The minimum atomic E-state index is 0.407. The maximum absolute atomic E-state index is 6.27. The first kappa shape index (κ1) is 13.5. The van der Waals surface area contributed by atoms with Gasteiger partial charge in [-0.3, -0.25) is 0 Å². The SMILES string of the molecule is CC1CCCN(c2cc(Cl)c(N)c(C(C)C)c2)C1. The monoisotopic (exact) mass is 266 g/mol. The summed E-state index contributed by atoms with van der Waals surface area (Å²) in [5.74, 6) is 1.17. The summed E-state index contributed by atoms with van der Waals surface area (Å²) in [6.07, 6.45) is 2.59. The van der Waals surface area contributed by atoms with Crippen molar-refractivity contribution >= 4 is 23.0 Å². The molecule has 0 bridgehead atoms. The van der Waals surface area contributed by atoms with Crippen molar-refractivity contribution in [1.29, 1.82) is 0 Å². The summed E-state index contributed by atoms with van der Waals surface area (Å²) >= 11 is 6.27. The second-order valence-corrected chi connectivity index (χ2v) is 6.19. The molecule has 1 aliphatic heterocycles. The van der Waals surface area contributed by atoms with Crippen LogP contribution in [-0.2, 0) is 0 Å². The molecule has 0 aromatic heterocycles. The number of anilines is 2. The van der Waals surface area contributed by atoms with E-state index in [9.17, 15) is 0 Å². The van der Waals surface area contributed by atoms with E-state index >= 15 is 0 Å². The van der Waals surface area contributed by atoms with Gasteiger partial charge in [0, 0.05) is 18.8 Å². The average molecular weight is 267 g/mol. The molecular weight excluding hydrogens is 244 g/mol. The van der Waals surface area contributed by atoms with Gasteiger partial charge in [0.05, 0.1) is 10.7 Å². The van der Waals surface area contributed by atoms with E-state index in [-0.39, 0.29) is 0 Å². The molecule has 0 amide bonds. The van der Waals surface area contributed by atoms with Gasteiger partial charge in [0.2, 0.25) is 0 Å². The molecular formula is C15H23ClN2. The summed E-state index contributed by atoms with van der Waals surface area (Å²) < 4.78 is 0. The van der Waals surface area contributed by atoms with E-state index in [1.165, 1.54) is 18.5 Å². The zero-order valence-electron chi connectivity index (χ0n) is 11.5. The van der Waals surface area contributed by atoms with Crippen molar-refractivity contribution in [2.75, 3.05) is 23.7 Å². The van der Waals surface area contributed by atoms with Crippen LogP contribution in [0.25, 0.3) is 0 Å². The van der Waals surface area contributed by atoms with Crippen LogP contribution in [0, 0.1) is 5.92 Å². The molecule has 1 heterocycles. The summed E-state index contributed by atoms with van der Waals surface area (Å²) in [7, 11) is 0. The van der Waals surface area contributed by atoms with Crippen molar-refractivity contribution in [2.45, 2.75) is 39.5 Å². The maximum Gasteiger partial charge on any atom is 0.0658 e. The first-order valence-corrected chi connectivity index (χ1v) is 7.20. The zero-order valence-corrected chi connectivity index (χ0v) is 12.3. The molecule has 1 unspecified atom stereocenters. The van der Waals surface area contributed by atoms with E-state index in [0.717, 1.165) is 30.3 Å². The summed E-state index contributed by atoms with van der Waals surface area (Å²) in [6, 6.07) is 4.23. The van der Waals surface area contributed by atoms with Gasteiger partial charge < -0.3 is 10.6 Å². The molecule has 1 saturated heterocycles. The smallest absolute Gasteiger partial charge is 0.0658 e. The van der Waals surface area contributed by atoms with Crippen LogP contribution in [0.15, 0.2) is 12.1 Å². The molecule has 0 saturated carbocycles. The summed E-state index contributed by atoms with van der Waals surface area (Å²) in [4.78, 5) is 2.44. The van der Waals surface area contributed by atoms with Crippen LogP contribution in [0.5, 0.6) is 0 Å². The predicted octanol–water partition coefficient (Wildman–Crippen LogP) is 4.28. The summed E-state index contributed by atoms with van der Waals surface area (Å²) in [5, 5.41) is 0.689. The van der Waals surface area contributed by atoms with Crippen LogP contribution in [0.1, 0.15) is 45.1 Å². The highest BCUT2D eigenvalue weighted by atomic mass is 35.5. The quantitative estimate of drug-likeness (QED) is 0.810. The summed E-state index contributed by atoms with van der Waals surface area (Å²) in [5.41, 5.74) is 9.18. The molecule has 1 aromatic rings. The molecule has 2 N–H and O–H groups in total. The number of nitrogens with two attached hydrogens (primary N) is 1. The molecule has 3 heteroatoms. The molecule has 0 radical (unpaired) electrons. The number of hydrogen-bond donors (Lipinski definition) is 1. The van der Waals surface area contributed by atoms with Gasteiger partial charge in [-0.2, -0.15) is 0 Å². The van der Waals surface area contributed by atoms with Crippen molar-refractivity contribution in [3.8, 4) is 0 Å². The van der Waals surface area contributed by atoms with E-state index in [0.29, 0.717) is 10.9 Å². The molecule has 100 valence electrons.